The molecule has 0 bridgehead atoms. The van der Waals surface area contributed by atoms with E-state index in [2.05, 4.69) is 11.5 Å². The van der Waals surface area contributed by atoms with Crippen LogP contribution in [0.5, 0.6) is 0 Å². The molecule has 0 spiro atoms. The topological polar surface area (TPSA) is 110 Å². The van der Waals surface area contributed by atoms with Crippen molar-refractivity contribution in [1.82, 2.24) is 4.90 Å². The van der Waals surface area contributed by atoms with Crippen LogP contribution in [0.15, 0.2) is 0 Å². The summed E-state index contributed by atoms with van der Waals surface area (Å²) < 4.78 is 0. The number of nitrogens with two attached hydrogens (primary N) is 2. The summed E-state index contributed by atoms with van der Waals surface area (Å²) in [6.07, 6.45) is 0. The van der Waals surface area contributed by atoms with Crippen LogP contribution in [0.4, 0.5) is 9.59 Å². The zero-order valence-electron chi connectivity index (χ0n) is 4.57. The minimum atomic E-state index is -1.06. The molecule has 9 heavy (non-hydrogen) atoms. The van der Waals surface area contributed by atoms with Crippen molar-refractivity contribution < 1.29 is 14.7 Å². The fourth-order valence-corrected chi connectivity index (χ4v) is 0.248. The number of rotatable bonds is 1. The van der Waals surface area contributed by atoms with Crippen LogP contribution < -0.4 is 11.5 Å². The molecule has 0 heterocycles. The van der Waals surface area contributed by atoms with E-state index < -0.39 is 18.8 Å². The lowest BCUT2D eigenvalue weighted by Crippen LogP contribution is -2.44. The molecule has 0 aliphatic carbocycles. The number of urea groups is 2. The van der Waals surface area contributed by atoms with Gasteiger partial charge in [0.15, 0.2) is 0 Å². The van der Waals surface area contributed by atoms with Crippen molar-refractivity contribution in [1.29, 1.82) is 0 Å². The molecule has 0 saturated heterocycles. The molecule has 0 aromatic carbocycles. The Bertz CT molecular complexity index is 120. The van der Waals surface area contributed by atoms with Crippen LogP contribution in [0.1, 0.15) is 0 Å². The Hall–Kier alpha value is -1.30. The van der Waals surface area contributed by atoms with E-state index in [0.29, 0.717) is 4.90 Å². The van der Waals surface area contributed by atoms with Crippen molar-refractivity contribution in [2.45, 2.75) is 0 Å². The first kappa shape index (κ1) is 7.70. The molecule has 6 nitrogen and oxygen atoms in total. The molecule has 0 fully saturated rings. The summed E-state index contributed by atoms with van der Waals surface area (Å²) in [5.74, 6) is 0. The molecule has 0 unspecified atom stereocenters. The molecular weight excluding hydrogens is 126 g/mol. The smallest absolute Gasteiger partial charge is 0.324 e. The van der Waals surface area contributed by atoms with Crippen LogP contribution >= 0.6 is 0 Å². The molecule has 0 aromatic rings. The van der Waals surface area contributed by atoms with Gasteiger partial charge in [0.05, 0.1) is 0 Å². The number of imide groups is 1. The number of nitrogens with zero attached hydrogens (tertiary/aromatic N) is 1. The van der Waals surface area contributed by atoms with Crippen LogP contribution in [0.25, 0.3) is 0 Å². The minimum absolute atomic E-state index is 0.292. The Balaban J connectivity index is 3.99. The van der Waals surface area contributed by atoms with Crippen molar-refractivity contribution in [2.75, 3.05) is 6.73 Å². The van der Waals surface area contributed by atoms with E-state index in [1.165, 1.54) is 0 Å². The summed E-state index contributed by atoms with van der Waals surface area (Å²) in [5.41, 5.74) is 9.15. The molecule has 0 saturated carbocycles. The van der Waals surface area contributed by atoms with Gasteiger partial charge in [0.1, 0.15) is 6.73 Å². The zero-order valence-corrected chi connectivity index (χ0v) is 4.57. The van der Waals surface area contributed by atoms with Gasteiger partial charge in [-0.05, 0) is 0 Å². The SMILES string of the molecule is NC(=O)N(CO)C(N)=O. The number of amides is 4. The number of hydrogen-bond donors (Lipinski definition) is 3. The predicted molar refractivity (Wildman–Crippen MR) is 28.1 cm³/mol. The summed E-state index contributed by atoms with van der Waals surface area (Å²) in [6, 6.07) is -2.13. The van der Waals surface area contributed by atoms with Gasteiger partial charge in [-0.3, -0.25) is 0 Å². The van der Waals surface area contributed by atoms with Crippen molar-refractivity contribution in [3.63, 3.8) is 0 Å². The van der Waals surface area contributed by atoms with E-state index >= 15 is 0 Å². The molecule has 6 heteroatoms. The molecule has 0 radical (unpaired) electrons. The molecular formula is C3H7N3O3. The Morgan fingerprint density at radius 3 is 1.67 bits per heavy atom. The maximum atomic E-state index is 10.1. The van der Waals surface area contributed by atoms with Crippen LogP contribution in [-0.4, -0.2) is 28.8 Å². The van der Waals surface area contributed by atoms with Crippen LogP contribution in [0.3, 0.4) is 0 Å². The monoisotopic (exact) mass is 133 g/mol. The summed E-state index contributed by atoms with van der Waals surface area (Å²) >= 11 is 0. The third kappa shape index (κ3) is 1.96. The fourth-order valence-electron chi connectivity index (χ4n) is 0.248. The third-order valence-corrected chi connectivity index (χ3v) is 0.673. The van der Waals surface area contributed by atoms with Gasteiger partial charge in [0.2, 0.25) is 0 Å². The number of aliphatic hydroxyl groups excluding tert-OH is 1. The Morgan fingerprint density at radius 2 is 1.67 bits per heavy atom. The lowest BCUT2D eigenvalue weighted by Gasteiger charge is -2.10. The normalized spacial score (nSPS) is 8.56. The summed E-state index contributed by atoms with van der Waals surface area (Å²) in [4.78, 5) is 20.4. The highest BCUT2D eigenvalue weighted by atomic mass is 16.3. The van der Waals surface area contributed by atoms with Gasteiger partial charge in [0.25, 0.3) is 0 Å². The van der Waals surface area contributed by atoms with E-state index in [9.17, 15) is 9.59 Å². The Morgan fingerprint density at radius 1 is 1.33 bits per heavy atom. The summed E-state index contributed by atoms with van der Waals surface area (Å²) in [7, 11) is 0. The van der Waals surface area contributed by atoms with Crippen molar-refractivity contribution in [3.8, 4) is 0 Å². The van der Waals surface area contributed by atoms with E-state index in [1.807, 2.05) is 0 Å². The summed E-state index contributed by atoms with van der Waals surface area (Å²) in [5, 5.41) is 8.19. The van der Waals surface area contributed by atoms with Crippen molar-refractivity contribution in [2.24, 2.45) is 11.5 Å². The van der Waals surface area contributed by atoms with Crippen LogP contribution in [0, 0.1) is 0 Å². The minimum Gasteiger partial charge on any atom is -0.376 e. The van der Waals surface area contributed by atoms with Crippen LogP contribution in [0.2, 0.25) is 0 Å². The molecule has 0 aromatic heterocycles. The molecule has 52 valence electrons. The first-order chi connectivity index (χ1) is 4.09. The standard InChI is InChI=1S/C3H7N3O3/c4-2(8)6(1-7)3(5)9/h7H,1H2,(H2,4,8)(H2,5,9). The molecule has 0 aliphatic heterocycles. The van der Waals surface area contributed by atoms with Gasteiger partial charge in [-0.15, -0.1) is 0 Å². The van der Waals surface area contributed by atoms with Crippen molar-refractivity contribution in [3.05, 3.63) is 0 Å². The lowest BCUT2D eigenvalue weighted by atomic mass is 10.7. The second-order valence-corrected chi connectivity index (χ2v) is 1.25. The predicted octanol–water partition coefficient (Wildman–Crippen LogP) is -1.60. The second-order valence-electron chi connectivity index (χ2n) is 1.25. The second kappa shape index (κ2) is 2.88. The maximum Gasteiger partial charge on any atom is 0.324 e. The molecule has 5 N–H and O–H groups in total. The number of carbonyl (C=O) groups is 2. The summed E-state index contributed by atoms with van der Waals surface area (Å²) in [6.45, 7) is -0.787. The lowest BCUT2D eigenvalue weighted by molar-refractivity contribution is 0.141. The largest absolute Gasteiger partial charge is 0.376 e. The first-order valence-corrected chi connectivity index (χ1v) is 2.07. The van der Waals surface area contributed by atoms with E-state index in [0.717, 1.165) is 0 Å². The first-order valence-electron chi connectivity index (χ1n) is 2.07. The maximum absolute atomic E-state index is 10.1. The van der Waals surface area contributed by atoms with E-state index in [1.54, 1.807) is 0 Å². The number of aliphatic hydroxyl groups is 1. The number of primary amides is 2. The van der Waals surface area contributed by atoms with Crippen molar-refractivity contribution >= 4 is 12.1 Å². The molecule has 4 amide bonds. The Kier molecular flexibility index (Phi) is 2.46. The van der Waals surface area contributed by atoms with Gasteiger partial charge < -0.3 is 16.6 Å². The molecule has 0 aliphatic rings. The number of hydrogen-bond acceptors (Lipinski definition) is 3. The third-order valence-electron chi connectivity index (χ3n) is 0.673. The number of carbonyl (C=O) groups excluding carboxylic acids is 2. The van der Waals surface area contributed by atoms with Crippen LogP contribution in [-0.2, 0) is 0 Å². The highest BCUT2D eigenvalue weighted by Gasteiger charge is 2.12. The van der Waals surface area contributed by atoms with E-state index in [4.69, 9.17) is 5.11 Å². The zero-order chi connectivity index (χ0) is 7.44. The van der Waals surface area contributed by atoms with E-state index in [-0.39, 0.29) is 0 Å². The quantitative estimate of drug-likeness (QED) is 0.374. The highest BCUT2D eigenvalue weighted by Crippen LogP contribution is 1.81. The molecule has 0 rings (SSSR count). The van der Waals surface area contributed by atoms with Gasteiger partial charge in [-0.1, -0.05) is 0 Å². The van der Waals surface area contributed by atoms with Gasteiger partial charge in [0, 0.05) is 0 Å². The Labute approximate surface area is 51.0 Å². The van der Waals surface area contributed by atoms with Gasteiger partial charge in [-0.25, -0.2) is 14.5 Å². The van der Waals surface area contributed by atoms with Gasteiger partial charge in [-0.2, -0.15) is 0 Å². The average Bonchev–Trinajstić information content (AvgIpc) is 1.64. The molecule has 0 atom stereocenters. The fraction of sp³-hybridized carbons (Fsp3) is 0.333. The average molecular weight is 133 g/mol. The highest BCUT2D eigenvalue weighted by molar-refractivity contribution is 5.91. The van der Waals surface area contributed by atoms with Gasteiger partial charge >= 0.3 is 12.1 Å².